The maximum Gasteiger partial charge on any atom is 0.407 e. The highest BCUT2D eigenvalue weighted by Gasteiger charge is 2.50. The first-order valence-electron chi connectivity index (χ1n) is 11.5. The number of aliphatic carboxylic acids is 1. The molecule has 0 unspecified atom stereocenters. The van der Waals surface area contributed by atoms with Crippen molar-refractivity contribution in [3.8, 4) is 11.1 Å². The van der Waals surface area contributed by atoms with E-state index in [9.17, 15) is 28.3 Å². The molecule has 0 spiro atoms. The van der Waals surface area contributed by atoms with Crippen LogP contribution in [0.25, 0.3) is 11.1 Å². The summed E-state index contributed by atoms with van der Waals surface area (Å²) in [5.74, 6) is -5.46. The van der Waals surface area contributed by atoms with E-state index in [1.54, 1.807) is 13.8 Å². The summed E-state index contributed by atoms with van der Waals surface area (Å²) in [6.07, 6.45) is -1.60. The number of amides is 2. The molecule has 1 heterocycles. The van der Waals surface area contributed by atoms with E-state index in [1.165, 1.54) is 0 Å². The summed E-state index contributed by atoms with van der Waals surface area (Å²) in [5, 5.41) is 11.9. The average molecular weight is 487 g/mol. The van der Waals surface area contributed by atoms with Gasteiger partial charge in [0.05, 0.1) is 6.54 Å². The van der Waals surface area contributed by atoms with Gasteiger partial charge in [-0.1, -0.05) is 48.5 Å². The second kappa shape index (κ2) is 9.28. The van der Waals surface area contributed by atoms with Gasteiger partial charge in [0, 0.05) is 24.3 Å². The Bertz CT molecular complexity index is 1100. The summed E-state index contributed by atoms with van der Waals surface area (Å²) in [6.45, 7) is 2.60. The lowest BCUT2D eigenvalue weighted by Gasteiger charge is -2.28. The van der Waals surface area contributed by atoms with E-state index in [0.29, 0.717) is 4.90 Å². The first-order chi connectivity index (χ1) is 16.5. The molecule has 9 heteroatoms. The summed E-state index contributed by atoms with van der Waals surface area (Å²) >= 11 is 0. The lowest BCUT2D eigenvalue weighted by atomic mass is 9.97. The van der Waals surface area contributed by atoms with E-state index in [2.05, 4.69) is 5.32 Å². The maximum absolute atomic E-state index is 13.7. The third-order valence-corrected chi connectivity index (χ3v) is 6.62. The number of carbonyl (C=O) groups excluding carboxylic acids is 2. The highest BCUT2D eigenvalue weighted by molar-refractivity contribution is 5.84. The Labute approximate surface area is 202 Å². The number of halogens is 2. The Morgan fingerprint density at radius 3 is 2.23 bits per heavy atom. The number of alkyl carbamates (subject to hydrolysis) is 1. The van der Waals surface area contributed by atoms with Crippen molar-refractivity contribution in [3.63, 3.8) is 0 Å². The minimum absolute atomic E-state index is 0.0948. The SMILES string of the molecule is CC(C)(CCC(=O)N1CC(F)(F)C[C@@H]1C(=O)O)NC(=O)OCC1c2ccccc2-c2ccccc21. The highest BCUT2D eigenvalue weighted by atomic mass is 19.3. The van der Waals surface area contributed by atoms with Crippen LogP contribution in [-0.2, 0) is 14.3 Å². The molecule has 1 saturated heterocycles. The number of nitrogens with zero attached hydrogens (tertiary/aromatic N) is 1. The van der Waals surface area contributed by atoms with Crippen LogP contribution in [0, 0.1) is 0 Å². The molecule has 2 aromatic carbocycles. The number of carboxylic acids is 1. The zero-order chi connectivity index (χ0) is 25.4. The number of carboxylic acid groups (broad SMARTS) is 1. The van der Waals surface area contributed by atoms with Crippen molar-refractivity contribution in [2.24, 2.45) is 0 Å². The van der Waals surface area contributed by atoms with Crippen molar-refractivity contribution in [1.29, 1.82) is 0 Å². The molecule has 2 N–H and O–H groups in total. The molecule has 4 rings (SSSR count). The Hall–Kier alpha value is -3.49. The van der Waals surface area contributed by atoms with E-state index in [-0.39, 0.29) is 25.4 Å². The van der Waals surface area contributed by atoms with Crippen LogP contribution in [-0.4, -0.2) is 58.6 Å². The average Bonchev–Trinajstić information content (AvgIpc) is 3.30. The first kappa shape index (κ1) is 24.6. The number of ether oxygens (including phenoxy) is 1. The van der Waals surface area contributed by atoms with Gasteiger partial charge in [0.2, 0.25) is 5.91 Å². The molecule has 1 aliphatic carbocycles. The van der Waals surface area contributed by atoms with Crippen LogP contribution < -0.4 is 5.32 Å². The molecular weight excluding hydrogens is 458 g/mol. The molecule has 0 bridgehead atoms. The molecule has 7 nitrogen and oxygen atoms in total. The molecule has 35 heavy (non-hydrogen) atoms. The second-order valence-electron chi connectivity index (χ2n) is 9.77. The summed E-state index contributed by atoms with van der Waals surface area (Å²) < 4.78 is 32.9. The van der Waals surface area contributed by atoms with Gasteiger partial charge in [0.1, 0.15) is 12.6 Å². The number of benzene rings is 2. The Balaban J connectivity index is 1.32. The fraction of sp³-hybridized carbons (Fsp3) is 0.423. The zero-order valence-corrected chi connectivity index (χ0v) is 19.6. The second-order valence-corrected chi connectivity index (χ2v) is 9.77. The van der Waals surface area contributed by atoms with Crippen molar-refractivity contribution in [2.75, 3.05) is 13.2 Å². The van der Waals surface area contributed by atoms with Gasteiger partial charge < -0.3 is 20.1 Å². The monoisotopic (exact) mass is 486 g/mol. The minimum Gasteiger partial charge on any atom is -0.480 e. The van der Waals surface area contributed by atoms with Crippen molar-refractivity contribution >= 4 is 18.0 Å². The first-order valence-corrected chi connectivity index (χ1v) is 11.5. The quantitative estimate of drug-likeness (QED) is 0.605. The molecule has 0 radical (unpaired) electrons. The number of carbonyl (C=O) groups is 3. The Morgan fingerprint density at radius 2 is 1.66 bits per heavy atom. The molecule has 2 aliphatic rings. The smallest absolute Gasteiger partial charge is 0.407 e. The number of fused-ring (bicyclic) bond motifs is 3. The van der Waals surface area contributed by atoms with Gasteiger partial charge in [0.15, 0.2) is 0 Å². The lowest BCUT2D eigenvalue weighted by Crippen LogP contribution is -2.46. The van der Waals surface area contributed by atoms with Crippen LogP contribution in [0.1, 0.15) is 50.2 Å². The van der Waals surface area contributed by atoms with Gasteiger partial charge in [-0.3, -0.25) is 4.79 Å². The van der Waals surface area contributed by atoms with Crippen molar-refractivity contribution < 1.29 is 33.0 Å². The molecule has 2 amide bonds. The summed E-state index contributed by atoms with van der Waals surface area (Å²) in [4.78, 5) is 37.1. The van der Waals surface area contributed by atoms with Gasteiger partial charge in [-0.05, 0) is 42.5 Å². The van der Waals surface area contributed by atoms with Crippen molar-refractivity contribution in [2.45, 2.75) is 56.5 Å². The lowest BCUT2D eigenvalue weighted by molar-refractivity contribution is -0.148. The van der Waals surface area contributed by atoms with Gasteiger partial charge in [-0.25, -0.2) is 18.4 Å². The Morgan fingerprint density at radius 1 is 1.09 bits per heavy atom. The fourth-order valence-corrected chi connectivity index (χ4v) is 4.84. The number of hydrogen-bond donors (Lipinski definition) is 2. The number of alkyl halides is 2. The third kappa shape index (κ3) is 5.28. The summed E-state index contributed by atoms with van der Waals surface area (Å²) in [6, 6.07) is 14.4. The molecule has 186 valence electrons. The number of nitrogens with one attached hydrogen (secondary N) is 1. The van der Waals surface area contributed by atoms with Crippen LogP contribution in [0.15, 0.2) is 48.5 Å². The standard InChI is InChI=1S/C26H28F2N2O5/c1-25(2,12-11-22(31)30-15-26(27,28)13-21(30)23(32)33)29-24(34)35-14-20-18-9-5-3-7-16(18)17-8-4-6-10-19(17)20/h3-10,20-21H,11-15H2,1-2H3,(H,29,34)(H,32,33)/t21-/m1/s1. The van der Waals surface area contributed by atoms with E-state index in [1.807, 2.05) is 48.5 Å². The summed E-state index contributed by atoms with van der Waals surface area (Å²) in [7, 11) is 0. The fourth-order valence-electron chi connectivity index (χ4n) is 4.84. The maximum atomic E-state index is 13.7. The van der Waals surface area contributed by atoms with Crippen LogP contribution in [0.4, 0.5) is 13.6 Å². The van der Waals surface area contributed by atoms with Crippen LogP contribution in [0.3, 0.4) is 0 Å². The minimum atomic E-state index is -3.23. The van der Waals surface area contributed by atoms with Crippen LogP contribution >= 0.6 is 0 Å². The zero-order valence-electron chi connectivity index (χ0n) is 19.6. The highest BCUT2D eigenvalue weighted by Crippen LogP contribution is 2.44. The van der Waals surface area contributed by atoms with E-state index in [4.69, 9.17) is 4.74 Å². The number of hydrogen-bond acceptors (Lipinski definition) is 4. The van der Waals surface area contributed by atoms with Crippen molar-refractivity contribution in [3.05, 3.63) is 59.7 Å². The molecule has 0 aromatic heterocycles. The van der Waals surface area contributed by atoms with Gasteiger partial charge in [0.25, 0.3) is 5.92 Å². The van der Waals surface area contributed by atoms with Crippen LogP contribution in [0.5, 0.6) is 0 Å². The number of likely N-dealkylation sites (tertiary alicyclic amines) is 1. The van der Waals surface area contributed by atoms with Gasteiger partial charge in [-0.2, -0.15) is 0 Å². The van der Waals surface area contributed by atoms with E-state index in [0.717, 1.165) is 22.3 Å². The molecule has 1 atom stereocenters. The molecule has 1 aliphatic heterocycles. The molecule has 2 aromatic rings. The molecular formula is C26H28F2N2O5. The third-order valence-electron chi connectivity index (χ3n) is 6.62. The summed E-state index contributed by atoms with van der Waals surface area (Å²) in [5.41, 5.74) is 3.52. The predicted octanol–water partition coefficient (Wildman–Crippen LogP) is 4.40. The van der Waals surface area contributed by atoms with Crippen molar-refractivity contribution in [1.82, 2.24) is 10.2 Å². The largest absolute Gasteiger partial charge is 0.480 e. The van der Waals surface area contributed by atoms with Gasteiger partial charge in [-0.15, -0.1) is 0 Å². The topological polar surface area (TPSA) is 95.9 Å². The predicted molar refractivity (Wildman–Crippen MR) is 124 cm³/mol. The van der Waals surface area contributed by atoms with E-state index < -0.39 is 48.4 Å². The normalized spacial score (nSPS) is 18.6. The van der Waals surface area contributed by atoms with Crippen LogP contribution in [0.2, 0.25) is 0 Å². The van der Waals surface area contributed by atoms with E-state index >= 15 is 0 Å². The molecule has 0 saturated carbocycles. The number of rotatable bonds is 7. The molecule has 1 fully saturated rings. The Kier molecular flexibility index (Phi) is 6.53. The van der Waals surface area contributed by atoms with Gasteiger partial charge >= 0.3 is 12.1 Å².